The number of aliphatic hydroxyl groups is 1. The molecule has 6 nitrogen and oxygen atoms in total. The van der Waals surface area contributed by atoms with Crippen molar-refractivity contribution in [2.45, 2.75) is 18.7 Å². The zero-order valence-electron chi connectivity index (χ0n) is 10.9. The van der Waals surface area contributed by atoms with Crippen LogP contribution >= 0.6 is 15.9 Å². The van der Waals surface area contributed by atoms with Gasteiger partial charge < -0.3 is 14.6 Å². The van der Waals surface area contributed by atoms with Crippen LogP contribution in [0.1, 0.15) is 6.42 Å². The van der Waals surface area contributed by atoms with E-state index >= 15 is 0 Å². The maximum atomic E-state index is 12.3. The first-order valence-corrected chi connectivity index (χ1v) is 7.15. The first kappa shape index (κ1) is 14.1. The van der Waals surface area contributed by atoms with Crippen LogP contribution in [0.15, 0.2) is 40.6 Å². The molecular weight excluding hydrogens is 342 g/mol. The molecule has 2 aliphatic heterocycles. The molecule has 3 rings (SSSR count). The minimum atomic E-state index is -0.924. The van der Waals surface area contributed by atoms with Gasteiger partial charge in [0.1, 0.15) is 11.5 Å². The molecule has 0 aliphatic carbocycles. The topological polar surface area (TPSA) is 76.1 Å². The Kier molecular flexibility index (Phi) is 3.69. The van der Waals surface area contributed by atoms with Crippen LogP contribution < -0.4 is 4.74 Å². The number of ether oxygens (including phenoxy) is 2. The normalized spacial score (nSPS) is 25.3. The van der Waals surface area contributed by atoms with Crippen LogP contribution in [0, 0.1) is 0 Å². The summed E-state index contributed by atoms with van der Waals surface area (Å²) in [7, 11) is 0. The molecular formula is C14H12BrNO5. The smallest absolute Gasteiger partial charge is 0.342 e. The van der Waals surface area contributed by atoms with Gasteiger partial charge in [-0.1, -0.05) is 15.9 Å². The number of fused-ring (bicyclic) bond motifs is 1. The molecule has 1 aromatic rings. The average molecular weight is 354 g/mol. The number of carbonyl (C=O) groups excluding carboxylic acids is 2. The zero-order chi connectivity index (χ0) is 15.0. The third kappa shape index (κ3) is 2.54. The van der Waals surface area contributed by atoms with Crippen molar-refractivity contribution in [1.82, 2.24) is 4.90 Å². The summed E-state index contributed by atoms with van der Waals surface area (Å²) in [5, 5.41) is 8.99. The summed E-state index contributed by atoms with van der Waals surface area (Å²) in [5.41, 5.74) is 0. The van der Waals surface area contributed by atoms with E-state index in [0.717, 1.165) is 4.47 Å². The van der Waals surface area contributed by atoms with E-state index in [1.54, 1.807) is 24.3 Å². The fourth-order valence-corrected chi connectivity index (χ4v) is 2.59. The number of hydrogen-bond donors (Lipinski definition) is 1. The van der Waals surface area contributed by atoms with Gasteiger partial charge in [0.15, 0.2) is 12.3 Å². The Labute approximate surface area is 129 Å². The molecule has 2 saturated heterocycles. The zero-order valence-corrected chi connectivity index (χ0v) is 12.4. The van der Waals surface area contributed by atoms with Crippen LogP contribution in [-0.4, -0.2) is 40.8 Å². The summed E-state index contributed by atoms with van der Waals surface area (Å²) in [6.07, 6.45) is 1.18. The number of esters is 1. The molecule has 1 N–H and O–H groups in total. The monoisotopic (exact) mass is 353 g/mol. The van der Waals surface area contributed by atoms with E-state index < -0.39 is 18.2 Å². The van der Waals surface area contributed by atoms with E-state index in [0.29, 0.717) is 5.75 Å². The lowest BCUT2D eigenvalue weighted by Crippen LogP contribution is -2.55. The van der Waals surface area contributed by atoms with Gasteiger partial charge in [-0.3, -0.25) is 9.69 Å². The molecule has 2 aliphatic rings. The number of benzene rings is 1. The van der Waals surface area contributed by atoms with Gasteiger partial charge in [-0.2, -0.15) is 0 Å². The van der Waals surface area contributed by atoms with Gasteiger partial charge >= 0.3 is 5.97 Å². The second-order valence-electron chi connectivity index (χ2n) is 4.64. The van der Waals surface area contributed by atoms with Gasteiger partial charge in [0.2, 0.25) is 5.91 Å². The van der Waals surface area contributed by atoms with Gasteiger partial charge in [-0.15, -0.1) is 0 Å². The molecule has 0 saturated carbocycles. The highest BCUT2D eigenvalue weighted by Gasteiger charge is 2.54. The third-order valence-electron chi connectivity index (χ3n) is 3.32. The quantitative estimate of drug-likeness (QED) is 0.501. The van der Waals surface area contributed by atoms with Gasteiger partial charge in [-0.05, 0) is 30.3 Å². The number of halogens is 1. The first-order valence-electron chi connectivity index (χ1n) is 6.36. The molecule has 0 radical (unpaired) electrons. The molecule has 2 fully saturated rings. The van der Waals surface area contributed by atoms with E-state index in [1.807, 2.05) is 0 Å². The Morgan fingerprint density at radius 1 is 1.48 bits per heavy atom. The molecule has 2 atom stereocenters. The van der Waals surface area contributed by atoms with E-state index in [4.69, 9.17) is 14.6 Å². The lowest BCUT2D eigenvalue weighted by Gasteiger charge is -2.33. The predicted octanol–water partition coefficient (Wildman–Crippen LogP) is 1.19. The number of rotatable bonds is 3. The second-order valence-corrected chi connectivity index (χ2v) is 5.56. The van der Waals surface area contributed by atoms with Crippen LogP contribution in [0.2, 0.25) is 0 Å². The van der Waals surface area contributed by atoms with Crippen molar-refractivity contribution in [3.05, 3.63) is 40.6 Å². The molecule has 2 heterocycles. The van der Waals surface area contributed by atoms with E-state index in [2.05, 4.69) is 15.9 Å². The number of β-lactam (4-membered cyclic amide) rings is 1. The summed E-state index contributed by atoms with van der Waals surface area (Å²) in [5.74, 6) is -0.134. The Balaban J connectivity index is 1.79. The predicted molar refractivity (Wildman–Crippen MR) is 75.1 cm³/mol. The highest BCUT2D eigenvalue weighted by Crippen LogP contribution is 2.36. The molecule has 0 spiro atoms. The van der Waals surface area contributed by atoms with Crippen LogP contribution in [0.5, 0.6) is 5.75 Å². The number of aliphatic hydroxyl groups excluding tert-OH is 1. The second kappa shape index (κ2) is 5.50. The Morgan fingerprint density at radius 3 is 2.81 bits per heavy atom. The molecule has 110 valence electrons. The first-order chi connectivity index (χ1) is 10.1. The van der Waals surface area contributed by atoms with Crippen LogP contribution in [0.25, 0.3) is 0 Å². The van der Waals surface area contributed by atoms with Crippen molar-refractivity contribution < 1.29 is 24.2 Å². The molecule has 0 unspecified atom stereocenters. The summed E-state index contributed by atoms with van der Waals surface area (Å²) < 4.78 is 11.6. The van der Waals surface area contributed by atoms with Gasteiger partial charge in [0.25, 0.3) is 0 Å². The minimum Gasteiger partial charge on any atom is -0.472 e. The maximum absolute atomic E-state index is 12.3. The third-order valence-corrected chi connectivity index (χ3v) is 3.84. The number of amides is 1. The highest BCUT2D eigenvalue weighted by atomic mass is 79.9. The fraction of sp³-hybridized carbons (Fsp3) is 0.286. The van der Waals surface area contributed by atoms with Crippen LogP contribution in [0.3, 0.4) is 0 Å². The van der Waals surface area contributed by atoms with Gasteiger partial charge in [-0.25, -0.2) is 4.79 Å². The van der Waals surface area contributed by atoms with E-state index in [1.165, 1.54) is 11.0 Å². The lowest BCUT2D eigenvalue weighted by molar-refractivity contribution is -0.162. The minimum absolute atomic E-state index is 0.168. The molecule has 0 bridgehead atoms. The lowest BCUT2D eigenvalue weighted by atomic mass is 10.1. The summed E-state index contributed by atoms with van der Waals surface area (Å²) >= 11 is 3.29. The van der Waals surface area contributed by atoms with Crippen LogP contribution in [0.4, 0.5) is 0 Å². The fourth-order valence-electron chi connectivity index (χ4n) is 2.32. The summed E-state index contributed by atoms with van der Waals surface area (Å²) in [4.78, 5) is 25.2. The molecule has 21 heavy (non-hydrogen) atoms. The van der Waals surface area contributed by atoms with Crippen molar-refractivity contribution >= 4 is 27.8 Å². The van der Waals surface area contributed by atoms with Crippen molar-refractivity contribution in [2.75, 3.05) is 6.61 Å². The summed E-state index contributed by atoms with van der Waals surface area (Å²) in [6, 6.07) is 5.85. The van der Waals surface area contributed by atoms with Crippen LogP contribution in [-0.2, 0) is 14.3 Å². The Morgan fingerprint density at radius 2 is 2.19 bits per heavy atom. The van der Waals surface area contributed by atoms with E-state index in [9.17, 15) is 9.59 Å². The number of nitrogens with zero attached hydrogens (tertiary/aromatic N) is 1. The molecule has 1 aromatic carbocycles. The van der Waals surface area contributed by atoms with Crippen molar-refractivity contribution in [3.8, 4) is 5.75 Å². The molecule has 0 aromatic heterocycles. The summed E-state index contributed by atoms with van der Waals surface area (Å²) in [6.45, 7) is -0.272. The average Bonchev–Trinajstić information content (AvgIpc) is 2.74. The molecule has 1 amide bonds. The van der Waals surface area contributed by atoms with E-state index in [-0.39, 0.29) is 24.7 Å². The largest absolute Gasteiger partial charge is 0.472 e. The van der Waals surface area contributed by atoms with Gasteiger partial charge in [0.05, 0.1) is 13.0 Å². The maximum Gasteiger partial charge on any atom is 0.342 e. The Bertz CT molecular complexity index is 612. The van der Waals surface area contributed by atoms with Crippen molar-refractivity contribution in [2.24, 2.45) is 0 Å². The SMILES string of the molecule is O=C(Oc1ccc(Br)cc1)[C@H]1C(=CCO)O[C@@H]2CC(=O)N12. The van der Waals surface area contributed by atoms with Crippen molar-refractivity contribution in [1.29, 1.82) is 0 Å². The van der Waals surface area contributed by atoms with Gasteiger partial charge in [0, 0.05) is 4.47 Å². The number of hydrogen-bond acceptors (Lipinski definition) is 5. The highest BCUT2D eigenvalue weighted by molar-refractivity contribution is 9.10. The standard InChI is InChI=1S/C14H12BrNO5/c15-8-1-3-9(4-2-8)20-14(19)13-10(5-6-17)21-12-7-11(18)16(12)13/h1-5,12-13,17H,6-7H2/t12-,13-/m1/s1. The Hall–Kier alpha value is -1.86. The molecule has 7 heteroatoms. The number of carbonyl (C=O) groups is 2. The van der Waals surface area contributed by atoms with Crippen molar-refractivity contribution in [3.63, 3.8) is 0 Å².